The fourth-order valence-electron chi connectivity index (χ4n) is 4.91. The highest BCUT2D eigenvalue weighted by atomic mass is 32.2. The van der Waals surface area contributed by atoms with Crippen LogP contribution in [0, 0.1) is 5.92 Å². The minimum Gasteiger partial charge on any atom is -0.334 e. The third-order valence-electron chi connectivity index (χ3n) is 6.87. The van der Waals surface area contributed by atoms with Gasteiger partial charge in [-0.05, 0) is 36.8 Å². The summed E-state index contributed by atoms with van der Waals surface area (Å²) in [5, 5.41) is 0.0688. The van der Waals surface area contributed by atoms with Crippen molar-refractivity contribution in [2.24, 2.45) is 5.92 Å². The second-order valence-electron chi connectivity index (χ2n) is 9.53. The highest BCUT2D eigenvalue weighted by Gasteiger charge is 2.37. The van der Waals surface area contributed by atoms with Gasteiger partial charge in [-0.1, -0.05) is 73.5 Å². The monoisotopic (exact) mass is 477 g/mol. The van der Waals surface area contributed by atoms with Gasteiger partial charge in [0.25, 0.3) is 0 Å². The minimum absolute atomic E-state index is 0.0688. The summed E-state index contributed by atoms with van der Waals surface area (Å²) in [6.45, 7) is 0.802. The highest BCUT2D eigenvalue weighted by Crippen LogP contribution is 2.34. The zero-order valence-corrected chi connectivity index (χ0v) is 20.2. The molecule has 0 aliphatic heterocycles. The van der Waals surface area contributed by atoms with Crippen molar-refractivity contribution in [3.05, 3.63) is 83.7 Å². The van der Waals surface area contributed by atoms with Gasteiger partial charge in [0.2, 0.25) is 20.9 Å². The van der Waals surface area contributed by atoms with Crippen molar-refractivity contribution in [3.63, 3.8) is 0 Å². The van der Waals surface area contributed by atoms with E-state index in [9.17, 15) is 13.2 Å². The average Bonchev–Trinajstić information content (AvgIpc) is 3.36. The van der Waals surface area contributed by atoms with Crippen molar-refractivity contribution in [2.75, 3.05) is 0 Å². The van der Waals surface area contributed by atoms with Gasteiger partial charge in [-0.15, -0.1) is 0 Å². The molecule has 0 atom stereocenters. The van der Waals surface area contributed by atoms with Gasteiger partial charge in [0.1, 0.15) is 0 Å². The lowest BCUT2D eigenvalue weighted by atomic mass is 10.1. The smallest absolute Gasteiger partial charge is 0.228 e. The molecule has 6 nitrogen and oxygen atoms in total. The molecule has 2 aliphatic carbocycles. The first-order valence-electron chi connectivity index (χ1n) is 12.2. The van der Waals surface area contributed by atoms with Crippen LogP contribution in [0.4, 0.5) is 0 Å². The Morgan fingerprint density at radius 2 is 1.53 bits per heavy atom. The lowest BCUT2D eigenvalue weighted by molar-refractivity contribution is -0.136. The van der Waals surface area contributed by atoms with Crippen LogP contribution in [-0.4, -0.2) is 34.8 Å². The maximum absolute atomic E-state index is 13.4. The topological polar surface area (TPSA) is 72.3 Å². The van der Waals surface area contributed by atoms with Crippen LogP contribution in [0.3, 0.4) is 0 Å². The molecule has 5 rings (SSSR count). The van der Waals surface area contributed by atoms with E-state index >= 15 is 0 Å². The third kappa shape index (κ3) is 5.09. The summed E-state index contributed by atoms with van der Waals surface area (Å²) < 4.78 is 28.7. The number of aromatic nitrogens is 2. The molecule has 3 aromatic rings. The standard InChI is InChI=1S/C27H31N3O3S/c31-26(23-13-7-8-14-23)29(24-15-16-24)19-25-17-28-27(30(25)18-21-9-3-1-4-10-21)34(32,33)20-22-11-5-2-6-12-22/h1-6,9-12,17,23-24H,7-8,13-16,18-20H2. The Labute approximate surface area is 201 Å². The van der Waals surface area contributed by atoms with Crippen molar-refractivity contribution in [2.45, 2.75) is 68.6 Å². The van der Waals surface area contributed by atoms with E-state index in [1.54, 1.807) is 10.8 Å². The Hall–Kier alpha value is -2.93. The Balaban J connectivity index is 1.48. The number of nitrogens with zero attached hydrogens (tertiary/aromatic N) is 3. The molecule has 1 amide bonds. The first-order valence-corrected chi connectivity index (χ1v) is 13.8. The van der Waals surface area contributed by atoms with Crippen LogP contribution in [-0.2, 0) is 33.5 Å². The maximum atomic E-state index is 13.4. The Morgan fingerprint density at radius 1 is 0.912 bits per heavy atom. The van der Waals surface area contributed by atoms with E-state index in [1.165, 1.54) is 0 Å². The predicted octanol–water partition coefficient (Wildman–Crippen LogP) is 4.59. The third-order valence-corrected chi connectivity index (χ3v) is 8.47. The van der Waals surface area contributed by atoms with E-state index in [1.807, 2.05) is 65.6 Å². The van der Waals surface area contributed by atoms with Crippen LogP contribution in [0.15, 0.2) is 72.0 Å². The molecule has 2 aromatic carbocycles. The molecule has 2 fully saturated rings. The molecular weight excluding hydrogens is 446 g/mol. The SMILES string of the molecule is O=C(C1CCCC1)N(Cc1cnc(S(=O)(=O)Cc2ccccc2)n1Cc1ccccc1)C1CC1. The molecule has 0 spiro atoms. The Morgan fingerprint density at radius 3 is 2.15 bits per heavy atom. The molecule has 0 bridgehead atoms. The van der Waals surface area contributed by atoms with Crippen molar-refractivity contribution in [1.82, 2.24) is 14.5 Å². The van der Waals surface area contributed by atoms with E-state index in [0.29, 0.717) is 13.1 Å². The van der Waals surface area contributed by atoms with E-state index < -0.39 is 9.84 Å². The van der Waals surface area contributed by atoms with Crippen molar-refractivity contribution >= 4 is 15.7 Å². The normalized spacial score (nSPS) is 16.6. The first-order chi connectivity index (χ1) is 16.5. The fourth-order valence-corrected chi connectivity index (χ4v) is 6.41. The average molecular weight is 478 g/mol. The van der Waals surface area contributed by atoms with E-state index in [-0.39, 0.29) is 28.8 Å². The van der Waals surface area contributed by atoms with Gasteiger partial charge in [-0.2, -0.15) is 0 Å². The molecule has 34 heavy (non-hydrogen) atoms. The summed E-state index contributed by atoms with van der Waals surface area (Å²) in [4.78, 5) is 19.7. The van der Waals surface area contributed by atoms with Crippen LogP contribution >= 0.6 is 0 Å². The van der Waals surface area contributed by atoms with E-state index in [2.05, 4.69) is 4.98 Å². The second-order valence-corrected chi connectivity index (χ2v) is 11.4. The lowest BCUT2D eigenvalue weighted by Gasteiger charge is -2.26. The summed E-state index contributed by atoms with van der Waals surface area (Å²) in [5.74, 6) is 0.223. The molecule has 0 radical (unpaired) electrons. The summed E-state index contributed by atoms with van der Waals surface area (Å²) in [6.07, 6.45) is 7.84. The van der Waals surface area contributed by atoms with Crippen LogP contribution in [0.25, 0.3) is 0 Å². The lowest BCUT2D eigenvalue weighted by Crippen LogP contribution is -2.37. The second kappa shape index (κ2) is 9.74. The number of sulfone groups is 1. The summed E-state index contributed by atoms with van der Waals surface area (Å²) in [5.41, 5.74) is 2.50. The van der Waals surface area contributed by atoms with Crippen molar-refractivity contribution < 1.29 is 13.2 Å². The number of amides is 1. The van der Waals surface area contributed by atoms with Crippen molar-refractivity contribution in [3.8, 4) is 0 Å². The Bertz CT molecular complexity index is 1230. The summed E-state index contributed by atoms with van der Waals surface area (Å²) >= 11 is 0. The molecular formula is C27H31N3O3S. The van der Waals surface area contributed by atoms with Crippen LogP contribution in [0.5, 0.6) is 0 Å². The maximum Gasteiger partial charge on any atom is 0.228 e. The summed E-state index contributed by atoms with van der Waals surface area (Å²) in [6, 6.07) is 19.3. The van der Waals surface area contributed by atoms with Crippen LogP contribution in [0.2, 0.25) is 0 Å². The minimum atomic E-state index is -3.67. The highest BCUT2D eigenvalue weighted by molar-refractivity contribution is 7.90. The van der Waals surface area contributed by atoms with Crippen LogP contribution in [0.1, 0.15) is 55.3 Å². The summed E-state index contributed by atoms with van der Waals surface area (Å²) in [7, 11) is -3.67. The Kier molecular flexibility index (Phi) is 6.55. The van der Waals surface area contributed by atoms with Crippen molar-refractivity contribution in [1.29, 1.82) is 0 Å². The number of hydrogen-bond acceptors (Lipinski definition) is 4. The predicted molar refractivity (Wildman–Crippen MR) is 131 cm³/mol. The zero-order chi connectivity index (χ0) is 23.5. The van der Waals surface area contributed by atoms with E-state index in [0.717, 1.165) is 55.3 Å². The van der Waals surface area contributed by atoms with Gasteiger partial charge in [-0.3, -0.25) is 4.79 Å². The number of benzene rings is 2. The molecule has 7 heteroatoms. The molecule has 1 aromatic heterocycles. The van der Waals surface area contributed by atoms with E-state index in [4.69, 9.17) is 0 Å². The fraction of sp³-hybridized carbons (Fsp3) is 0.407. The molecule has 0 N–H and O–H groups in total. The largest absolute Gasteiger partial charge is 0.334 e. The van der Waals surface area contributed by atoms with Crippen LogP contribution < -0.4 is 0 Å². The number of carbonyl (C=O) groups is 1. The van der Waals surface area contributed by atoms with Gasteiger partial charge in [-0.25, -0.2) is 13.4 Å². The molecule has 178 valence electrons. The van der Waals surface area contributed by atoms with Gasteiger partial charge >= 0.3 is 0 Å². The van der Waals surface area contributed by atoms with Gasteiger partial charge in [0.05, 0.1) is 30.7 Å². The number of rotatable bonds is 9. The van der Waals surface area contributed by atoms with Gasteiger partial charge in [0.15, 0.2) is 0 Å². The molecule has 2 aliphatic rings. The molecule has 1 heterocycles. The number of imidazole rings is 1. The molecule has 2 saturated carbocycles. The quantitative estimate of drug-likeness (QED) is 0.452. The molecule has 0 saturated heterocycles. The van der Waals surface area contributed by atoms with Gasteiger partial charge in [0, 0.05) is 12.0 Å². The number of hydrogen-bond donors (Lipinski definition) is 0. The van der Waals surface area contributed by atoms with Gasteiger partial charge < -0.3 is 9.47 Å². The molecule has 0 unspecified atom stereocenters. The zero-order valence-electron chi connectivity index (χ0n) is 19.3. The first kappa shape index (κ1) is 22.8. The number of carbonyl (C=O) groups excluding carboxylic acids is 1.